The van der Waals surface area contributed by atoms with E-state index in [1.807, 2.05) is 54.6 Å². The number of carbonyl (C=O) groups is 1. The Morgan fingerprint density at radius 1 is 0.852 bits per heavy atom. The van der Waals surface area contributed by atoms with Gasteiger partial charge in [-0.25, -0.2) is 4.39 Å². The molecule has 0 saturated heterocycles. The van der Waals surface area contributed by atoms with Gasteiger partial charge in [-0.15, -0.1) is 11.8 Å². The van der Waals surface area contributed by atoms with Gasteiger partial charge in [-0.2, -0.15) is 0 Å². The van der Waals surface area contributed by atoms with E-state index >= 15 is 0 Å². The number of carbonyl (C=O) groups excluding carboxylic acids is 1. The van der Waals surface area contributed by atoms with Crippen LogP contribution in [-0.4, -0.2) is 16.6 Å². The quantitative estimate of drug-likeness (QED) is 0.322. The molecule has 0 fully saturated rings. The SMILES string of the molecule is O=C(CSc1ccc(NC(=S)Nc2ccccc2)cc1)c1ccc(F)cc1. The van der Waals surface area contributed by atoms with Crippen molar-refractivity contribution in [3.8, 4) is 0 Å². The summed E-state index contributed by atoms with van der Waals surface area (Å²) in [6.07, 6.45) is 0. The molecule has 27 heavy (non-hydrogen) atoms. The van der Waals surface area contributed by atoms with E-state index < -0.39 is 0 Å². The summed E-state index contributed by atoms with van der Waals surface area (Å²) >= 11 is 6.74. The molecular weight excluding hydrogens is 379 g/mol. The number of thiocarbonyl (C=S) groups is 1. The minimum atomic E-state index is -0.345. The minimum Gasteiger partial charge on any atom is -0.332 e. The van der Waals surface area contributed by atoms with Gasteiger partial charge in [0.15, 0.2) is 10.9 Å². The third kappa shape index (κ3) is 5.91. The van der Waals surface area contributed by atoms with Crippen molar-refractivity contribution in [1.82, 2.24) is 0 Å². The first-order chi connectivity index (χ1) is 13.1. The van der Waals surface area contributed by atoms with E-state index in [1.165, 1.54) is 36.0 Å². The number of rotatable bonds is 6. The Hall–Kier alpha value is -2.70. The number of ketones is 1. The van der Waals surface area contributed by atoms with Crippen molar-refractivity contribution in [2.75, 3.05) is 16.4 Å². The summed E-state index contributed by atoms with van der Waals surface area (Å²) in [6.45, 7) is 0. The van der Waals surface area contributed by atoms with Gasteiger partial charge in [0.25, 0.3) is 0 Å². The molecule has 3 aromatic rings. The van der Waals surface area contributed by atoms with Crippen LogP contribution in [0.1, 0.15) is 10.4 Å². The lowest BCUT2D eigenvalue weighted by atomic mass is 10.1. The molecule has 0 unspecified atom stereocenters. The summed E-state index contributed by atoms with van der Waals surface area (Å²) in [5.41, 5.74) is 2.29. The maximum absolute atomic E-state index is 12.9. The van der Waals surface area contributed by atoms with Gasteiger partial charge >= 0.3 is 0 Å². The second-order valence-corrected chi connectivity index (χ2v) is 7.15. The molecule has 0 atom stereocenters. The molecular formula is C21H17FN2OS2. The van der Waals surface area contributed by atoms with Gasteiger partial charge in [-0.05, 0) is 72.9 Å². The number of nitrogens with one attached hydrogen (secondary N) is 2. The second-order valence-electron chi connectivity index (χ2n) is 5.69. The van der Waals surface area contributed by atoms with Gasteiger partial charge < -0.3 is 10.6 Å². The molecule has 6 heteroatoms. The van der Waals surface area contributed by atoms with E-state index in [2.05, 4.69) is 10.6 Å². The highest BCUT2D eigenvalue weighted by Gasteiger charge is 2.07. The molecule has 0 aromatic heterocycles. The fraction of sp³-hybridized carbons (Fsp3) is 0.0476. The van der Waals surface area contributed by atoms with Crippen LogP contribution in [0.15, 0.2) is 83.8 Å². The fourth-order valence-corrected chi connectivity index (χ4v) is 3.35. The molecule has 3 nitrogen and oxygen atoms in total. The van der Waals surface area contributed by atoms with Crippen molar-refractivity contribution in [3.63, 3.8) is 0 Å². The first-order valence-corrected chi connectivity index (χ1v) is 9.64. The number of hydrogen-bond acceptors (Lipinski definition) is 3. The zero-order chi connectivity index (χ0) is 19.1. The van der Waals surface area contributed by atoms with Crippen LogP contribution >= 0.6 is 24.0 Å². The molecule has 3 rings (SSSR count). The predicted molar refractivity (Wildman–Crippen MR) is 114 cm³/mol. The molecule has 0 saturated carbocycles. The lowest BCUT2D eigenvalue weighted by Crippen LogP contribution is -2.18. The average molecular weight is 397 g/mol. The van der Waals surface area contributed by atoms with Crippen molar-refractivity contribution in [2.24, 2.45) is 0 Å². The maximum atomic E-state index is 12.9. The summed E-state index contributed by atoms with van der Waals surface area (Å²) in [7, 11) is 0. The molecule has 0 aliphatic carbocycles. The van der Waals surface area contributed by atoms with Gasteiger partial charge in [0.1, 0.15) is 5.82 Å². The van der Waals surface area contributed by atoms with E-state index in [-0.39, 0.29) is 11.6 Å². The zero-order valence-electron chi connectivity index (χ0n) is 14.3. The molecule has 0 spiro atoms. The Bertz CT molecular complexity index is 913. The molecule has 0 radical (unpaired) electrons. The minimum absolute atomic E-state index is 0.0320. The van der Waals surface area contributed by atoms with Crippen LogP contribution in [0.25, 0.3) is 0 Å². The number of hydrogen-bond donors (Lipinski definition) is 2. The summed E-state index contributed by atoms with van der Waals surface area (Å²) in [5, 5.41) is 6.74. The third-order valence-corrected chi connectivity index (χ3v) is 4.90. The number of benzene rings is 3. The molecule has 2 N–H and O–H groups in total. The first-order valence-electron chi connectivity index (χ1n) is 8.25. The van der Waals surface area contributed by atoms with Crippen molar-refractivity contribution >= 4 is 46.3 Å². The van der Waals surface area contributed by atoms with Crippen LogP contribution in [0.2, 0.25) is 0 Å². The first kappa shape index (κ1) is 19.1. The number of anilines is 2. The Labute approximate surface area is 167 Å². The van der Waals surface area contributed by atoms with Gasteiger partial charge in [-0.3, -0.25) is 4.79 Å². The van der Waals surface area contributed by atoms with E-state index in [4.69, 9.17) is 12.2 Å². The second kappa shape index (κ2) is 9.30. The van der Waals surface area contributed by atoms with E-state index in [9.17, 15) is 9.18 Å². The number of halogens is 1. The number of para-hydroxylation sites is 1. The van der Waals surface area contributed by atoms with E-state index in [1.54, 1.807) is 0 Å². The summed E-state index contributed by atoms with van der Waals surface area (Å²) in [4.78, 5) is 13.1. The van der Waals surface area contributed by atoms with Gasteiger partial charge in [0.2, 0.25) is 0 Å². The van der Waals surface area contributed by atoms with Crippen molar-refractivity contribution < 1.29 is 9.18 Å². The van der Waals surface area contributed by atoms with Crippen LogP contribution in [0.3, 0.4) is 0 Å². The largest absolute Gasteiger partial charge is 0.332 e. The number of Topliss-reactive ketones (excluding diaryl/α,β-unsaturated/α-hetero) is 1. The summed E-state index contributed by atoms with van der Waals surface area (Å²) in [6, 6.07) is 23.0. The van der Waals surface area contributed by atoms with Crippen molar-refractivity contribution in [1.29, 1.82) is 0 Å². The van der Waals surface area contributed by atoms with Crippen LogP contribution in [0, 0.1) is 5.82 Å². The highest BCUT2D eigenvalue weighted by atomic mass is 32.2. The maximum Gasteiger partial charge on any atom is 0.175 e. The topological polar surface area (TPSA) is 41.1 Å². The van der Waals surface area contributed by atoms with Gasteiger partial charge in [0, 0.05) is 21.8 Å². The van der Waals surface area contributed by atoms with Crippen LogP contribution in [0.5, 0.6) is 0 Å². The Kier molecular flexibility index (Phi) is 6.57. The van der Waals surface area contributed by atoms with Crippen molar-refractivity contribution in [3.05, 3.63) is 90.2 Å². The van der Waals surface area contributed by atoms with Gasteiger partial charge in [-0.1, -0.05) is 18.2 Å². The van der Waals surface area contributed by atoms with Crippen LogP contribution in [0.4, 0.5) is 15.8 Å². The zero-order valence-corrected chi connectivity index (χ0v) is 15.9. The summed E-state index contributed by atoms with van der Waals surface area (Å²) in [5.74, 6) is -0.0794. The molecule has 0 heterocycles. The molecule has 136 valence electrons. The average Bonchev–Trinajstić information content (AvgIpc) is 2.68. The third-order valence-electron chi connectivity index (χ3n) is 3.68. The Morgan fingerprint density at radius 3 is 2.07 bits per heavy atom. The molecule has 3 aromatic carbocycles. The van der Waals surface area contributed by atoms with Crippen molar-refractivity contribution in [2.45, 2.75) is 4.90 Å². The normalized spacial score (nSPS) is 10.3. The molecule has 0 aliphatic heterocycles. The van der Waals surface area contributed by atoms with Crippen LogP contribution in [-0.2, 0) is 0 Å². The predicted octanol–water partition coefficient (Wildman–Crippen LogP) is 5.61. The number of thioether (sulfide) groups is 1. The van der Waals surface area contributed by atoms with Gasteiger partial charge in [0.05, 0.1) is 5.75 Å². The Morgan fingerprint density at radius 2 is 1.44 bits per heavy atom. The summed E-state index contributed by atoms with van der Waals surface area (Å²) < 4.78 is 12.9. The Balaban J connectivity index is 1.50. The molecule has 0 bridgehead atoms. The molecule has 0 aliphatic rings. The monoisotopic (exact) mass is 396 g/mol. The van der Waals surface area contributed by atoms with E-state index in [0.29, 0.717) is 16.4 Å². The fourth-order valence-electron chi connectivity index (χ4n) is 2.32. The smallest absolute Gasteiger partial charge is 0.175 e. The van der Waals surface area contributed by atoms with E-state index in [0.717, 1.165) is 16.3 Å². The standard InChI is InChI=1S/C21H17FN2OS2/c22-16-8-6-15(7-9-16)20(25)14-27-19-12-10-18(11-13-19)24-21(26)23-17-4-2-1-3-5-17/h1-13H,14H2,(H2,23,24,26). The lowest BCUT2D eigenvalue weighted by molar-refractivity contribution is 0.102. The highest BCUT2D eigenvalue weighted by molar-refractivity contribution is 8.00. The van der Waals surface area contributed by atoms with Crippen LogP contribution < -0.4 is 10.6 Å². The molecule has 0 amide bonds. The lowest BCUT2D eigenvalue weighted by Gasteiger charge is -2.11. The highest BCUT2D eigenvalue weighted by Crippen LogP contribution is 2.22.